The highest BCUT2D eigenvalue weighted by Crippen LogP contribution is 2.35. The summed E-state index contributed by atoms with van der Waals surface area (Å²) >= 11 is 4.08. The summed E-state index contributed by atoms with van der Waals surface area (Å²) in [6, 6.07) is 6.34. The molecule has 0 unspecified atom stereocenters. The third-order valence-corrected chi connectivity index (χ3v) is 2.84. The molecule has 0 aliphatic heterocycles. The average molecular weight is 293 g/mol. The van der Waals surface area contributed by atoms with Crippen molar-refractivity contribution in [3.63, 3.8) is 0 Å². The topological polar surface area (TPSA) is 110 Å². The largest absolute Gasteiger partial charge is 0.506 e. The van der Waals surface area contributed by atoms with Gasteiger partial charge in [0, 0.05) is 10.5 Å². The molecule has 0 saturated carbocycles. The molecular weight excluding hydrogens is 282 g/mol. The molecule has 20 heavy (non-hydrogen) atoms. The Kier molecular flexibility index (Phi) is 3.62. The minimum absolute atomic E-state index is 0.0817. The van der Waals surface area contributed by atoms with Crippen molar-refractivity contribution in [3.8, 4) is 23.0 Å². The van der Waals surface area contributed by atoms with E-state index in [0.29, 0.717) is 4.90 Å². The highest BCUT2D eigenvalue weighted by Gasteiger charge is 2.14. The fourth-order valence-corrected chi connectivity index (χ4v) is 1.76. The first kappa shape index (κ1) is 13.9. The highest BCUT2D eigenvalue weighted by atomic mass is 32.1. The second kappa shape index (κ2) is 5.22. The maximum Gasteiger partial charge on any atom is 0.256 e. The van der Waals surface area contributed by atoms with Crippen LogP contribution in [0, 0.1) is 0 Å². The van der Waals surface area contributed by atoms with Gasteiger partial charge in [-0.15, -0.1) is 12.6 Å². The van der Waals surface area contributed by atoms with E-state index in [0.717, 1.165) is 12.1 Å². The van der Waals surface area contributed by atoms with Crippen molar-refractivity contribution in [3.05, 3.63) is 35.9 Å². The van der Waals surface area contributed by atoms with E-state index < -0.39 is 23.2 Å². The number of nitrogens with one attached hydrogen (secondary N) is 1. The molecule has 2 aromatic rings. The average Bonchev–Trinajstić information content (AvgIpc) is 2.39. The smallest absolute Gasteiger partial charge is 0.256 e. The number of rotatable bonds is 2. The maximum atomic E-state index is 11.9. The Balaban J connectivity index is 2.31. The molecule has 0 aromatic heterocycles. The zero-order chi connectivity index (χ0) is 14.9. The van der Waals surface area contributed by atoms with Crippen LogP contribution < -0.4 is 5.32 Å². The summed E-state index contributed by atoms with van der Waals surface area (Å²) in [6.45, 7) is 0. The summed E-state index contributed by atoms with van der Waals surface area (Å²) in [5, 5.41) is 39.9. The van der Waals surface area contributed by atoms with Gasteiger partial charge in [-0.25, -0.2) is 0 Å². The van der Waals surface area contributed by atoms with Crippen LogP contribution in [0.25, 0.3) is 0 Å². The number of phenolic OH excluding ortho intramolecular Hbond substituents is 4. The molecule has 2 aromatic carbocycles. The molecule has 0 bridgehead atoms. The van der Waals surface area contributed by atoms with Crippen molar-refractivity contribution in [2.75, 3.05) is 5.32 Å². The molecule has 1 amide bonds. The van der Waals surface area contributed by atoms with Crippen molar-refractivity contribution in [1.29, 1.82) is 0 Å². The number of carbonyl (C=O) groups is 1. The van der Waals surface area contributed by atoms with E-state index in [1.54, 1.807) is 6.07 Å². The molecule has 5 N–H and O–H groups in total. The first-order valence-electron chi connectivity index (χ1n) is 5.46. The first-order valence-corrected chi connectivity index (χ1v) is 5.91. The van der Waals surface area contributed by atoms with E-state index in [-0.39, 0.29) is 17.0 Å². The van der Waals surface area contributed by atoms with Gasteiger partial charge in [0.25, 0.3) is 5.91 Å². The van der Waals surface area contributed by atoms with Gasteiger partial charge in [-0.05, 0) is 30.3 Å². The van der Waals surface area contributed by atoms with Gasteiger partial charge in [-0.1, -0.05) is 0 Å². The number of aromatic hydroxyl groups is 4. The Morgan fingerprint density at radius 3 is 2.15 bits per heavy atom. The fraction of sp³-hybridized carbons (Fsp3) is 0. The van der Waals surface area contributed by atoms with Crippen LogP contribution in [0.15, 0.2) is 35.2 Å². The highest BCUT2D eigenvalue weighted by molar-refractivity contribution is 7.80. The number of carbonyl (C=O) groups excluding carboxylic acids is 1. The molecule has 0 radical (unpaired) electrons. The predicted molar refractivity (Wildman–Crippen MR) is 74.7 cm³/mol. The third kappa shape index (κ3) is 2.72. The third-order valence-electron chi connectivity index (χ3n) is 2.56. The van der Waals surface area contributed by atoms with Gasteiger partial charge < -0.3 is 25.7 Å². The van der Waals surface area contributed by atoms with E-state index in [1.165, 1.54) is 12.1 Å². The summed E-state index contributed by atoms with van der Waals surface area (Å²) in [6.07, 6.45) is 0. The summed E-state index contributed by atoms with van der Waals surface area (Å²) in [4.78, 5) is 12.5. The quantitative estimate of drug-likeness (QED) is 0.375. The van der Waals surface area contributed by atoms with Gasteiger partial charge in [0.1, 0.15) is 5.75 Å². The lowest BCUT2D eigenvalue weighted by molar-refractivity contribution is 0.102. The molecule has 104 valence electrons. The molecule has 0 spiro atoms. The molecule has 0 aliphatic rings. The Bertz CT molecular complexity index is 663. The van der Waals surface area contributed by atoms with Gasteiger partial charge >= 0.3 is 0 Å². The van der Waals surface area contributed by atoms with E-state index in [2.05, 4.69) is 17.9 Å². The lowest BCUT2D eigenvalue weighted by atomic mass is 10.1. The van der Waals surface area contributed by atoms with Crippen LogP contribution >= 0.6 is 12.6 Å². The SMILES string of the molecule is O=C(Nc1cc(S)ccc1O)c1cc(O)c(O)c(O)c1. The number of thiol groups is 1. The van der Waals surface area contributed by atoms with E-state index in [1.807, 2.05) is 0 Å². The summed E-state index contributed by atoms with van der Waals surface area (Å²) in [5.41, 5.74) is 0.0521. The number of hydrogen-bond acceptors (Lipinski definition) is 6. The van der Waals surface area contributed by atoms with E-state index in [9.17, 15) is 25.2 Å². The molecular formula is C13H11NO5S. The summed E-state index contributed by atoms with van der Waals surface area (Å²) in [7, 11) is 0. The van der Waals surface area contributed by atoms with Crippen molar-refractivity contribution in [2.45, 2.75) is 4.90 Å². The van der Waals surface area contributed by atoms with E-state index >= 15 is 0 Å². The number of hydrogen-bond donors (Lipinski definition) is 6. The normalized spacial score (nSPS) is 10.2. The minimum atomic E-state index is -0.707. The van der Waals surface area contributed by atoms with Crippen molar-refractivity contribution >= 4 is 24.2 Å². The fourth-order valence-electron chi connectivity index (χ4n) is 1.55. The lowest BCUT2D eigenvalue weighted by Crippen LogP contribution is -2.11. The predicted octanol–water partition coefficient (Wildman–Crippen LogP) is 2.05. The summed E-state index contributed by atoms with van der Waals surface area (Å²) in [5.74, 6) is -2.78. The van der Waals surface area contributed by atoms with Gasteiger partial charge in [0.05, 0.1) is 5.69 Å². The maximum absolute atomic E-state index is 11.9. The van der Waals surface area contributed by atoms with Crippen molar-refractivity contribution in [2.24, 2.45) is 0 Å². The van der Waals surface area contributed by atoms with Crippen molar-refractivity contribution < 1.29 is 25.2 Å². The van der Waals surface area contributed by atoms with Gasteiger partial charge in [0.15, 0.2) is 17.2 Å². The van der Waals surface area contributed by atoms with Crippen LogP contribution in [-0.4, -0.2) is 26.3 Å². The lowest BCUT2D eigenvalue weighted by Gasteiger charge is -2.09. The second-order valence-electron chi connectivity index (χ2n) is 4.02. The Morgan fingerprint density at radius 1 is 0.950 bits per heavy atom. The Hall–Kier alpha value is -2.54. The number of phenols is 4. The van der Waals surface area contributed by atoms with Crippen LogP contribution in [0.1, 0.15) is 10.4 Å². The van der Waals surface area contributed by atoms with Crippen molar-refractivity contribution in [1.82, 2.24) is 0 Å². The second-order valence-corrected chi connectivity index (χ2v) is 4.54. The number of benzene rings is 2. The number of anilines is 1. The standard InChI is InChI=1S/C13H11NO5S/c15-9-2-1-7(20)5-8(9)14-13(19)6-3-10(16)12(18)11(17)4-6/h1-5,15-18,20H,(H,14,19). The number of amides is 1. The zero-order valence-electron chi connectivity index (χ0n) is 10.0. The minimum Gasteiger partial charge on any atom is -0.506 e. The van der Waals surface area contributed by atoms with E-state index in [4.69, 9.17) is 0 Å². The van der Waals surface area contributed by atoms with Gasteiger partial charge in [-0.3, -0.25) is 4.79 Å². The summed E-state index contributed by atoms with van der Waals surface area (Å²) < 4.78 is 0. The van der Waals surface area contributed by atoms with Gasteiger partial charge in [-0.2, -0.15) is 0 Å². The molecule has 2 rings (SSSR count). The Labute approximate surface area is 119 Å². The molecule has 0 aliphatic carbocycles. The van der Waals surface area contributed by atoms with Crippen LogP contribution in [0.4, 0.5) is 5.69 Å². The van der Waals surface area contributed by atoms with Crippen LogP contribution in [0.2, 0.25) is 0 Å². The van der Waals surface area contributed by atoms with Crippen LogP contribution in [0.3, 0.4) is 0 Å². The van der Waals surface area contributed by atoms with Crippen LogP contribution in [-0.2, 0) is 0 Å². The Morgan fingerprint density at radius 2 is 1.55 bits per heavy atom. The van der Waals surface area contributed by atoms with Crippen LogP contribution in [0.5, 0.6) is 23.0 Å². The molecule has 0 atom stereocenters. The molecule has 0 fully saturated rings. The molecule has 7 heteroatoms. The first-order chi connectivity index (χ1) is 9.38. The molecule has 0 saturated heterocycles. The monoisotopic (exact) mass is 293 g/mol. The van der Waals surface area contributed by atoms with Gasteiger partial charge in [0.2, 0.25) is 0 Å². The zero-order valence-corrected chi connectivity index (χ0v) is 10.9. The molecule has 6 nitrogen and oxygen atoms in total. The molecule has 0 heterocycles.